The molecule has 2 fully saturated rings. The minimum absolute atomic E-state index is 0.118. The number of benzene rings is 1. The highest BCUT2D eigenvalue weighted by Gasteiger charge is 2.19. The SMILES string of the molecule is CC1CCN(c2ccc(Nc3nccc(C(=O)NC4CCCC4)n3)cc2)CC1. The molecule has 1 saturated heterocycles. The van der Waals surface area contributed by atoms with Crippen LogP contribution in [0.1, 0.15) is 55.9 Å². The Morgan fingerprint density at radius 2 is 1.75 bits per heavy atom. The highest BCUT2D eigenvalue weighted by Crippen LogP contribution is 2.25. The molecule has 1 aliphatic heterocycles. The van der Waals surface area contributed by atoms with Gasteiger partial charge in [0.2, 0.25) is 5.95 Å². The summed E-state index contributed by atoms with van der Waals surface area (Å²) in [5.41, 5.74) is 2.58. The van der Waals surface area contributed by atoms with Crippen molar-refractivity contribution in [3.8, 4) is 0 Å². The highest BCUT2D eigenvalue weighted by molar-refractivity contribution is 5.92. The van der Waals surface area contributed by atoms with Gasteiger partial charge in [-0.3, -0.25) is 4.79 Å². The van der Waals surface area contributed by atoms with E-state index in [-0.39, 0.29) is 11.9 Å². The first kappa shape index (κ1) is 18.7. The molecule has 28 heavy (non-hydrogen) atoms. The van der Waals surface area contributed by atoms with Crippen molar-refractivity contribution in [2.45, 2.75) is 51.5 Å². The standard InChI is InChI=1S/C22H29N5O/c1-16-11-14-27(15-12-16)19-8-6-18(7-9-19)25-22-23-13-10-20(26-22)21(28)24-17-4-2-3-5-17/h6-10,13,16-17H,2-5,11-12,14-15H2,1H3,(H,24,28)(H,23,25,26). The quantitative estimate of drug-likeness (QED) is 0.817. The van der Waals surface area contributed by atoms with E-state index in [0.717, 1.165) is 37.5 Å². The van der Waals surface area contributed by atoms with Crippen LogP contribution in [0.2, 0.25) is 0 Å². The molecule has 2 heterocycles. The monoisotopic (exact) mass is 379 g/mol. The Morgan fingerprint density at radius 3 is 2.46 bits per heavy atom. The lowest BCUT2D eigenvalue weighted by Gasteiger charge is -2.32. The number of hydrogen-bond donors (Lipinski definition) is 2. The van der Waals surface area contributed by atoms with Gasteiger partial charge in [0, 0.05) is 36.7 Å². The Balaban J connectivity index is 1.38. The summed E-state index contributed by atoms with van der Waals surface area (Å²) in [6.07, 6.45) is 8.63. The Morgan fingerprint density at radius 1 is 1.04 bits per heavy atom. The second kappa shape index (κ2) is 8.59. The Bertz CT molecular complexity index is 793. The van der Waals surface area contributed by atoms with Crippen molar-refractivity contribution >= 4 is 23.2 Å². The second-order valence-corrected chi connectivity index (χ2v) is 8.06. The number of rotatable bonds is 5. The molecule has 1 saturated carbocycles. The van der Waals surface area contributed by atoms with Gasteiger partial charge in [-0.15, -0.1) is 0 Å². The predicted molar refractivity (Wildman–Crippen MR) is 112 cm³/mol. The summed E-state index contributed by atoms with van der Waals surface area (Å²) in [6, 6.07) is 10.3. The second-order valence-electron chi connectivity index (χ2n) is 8.06. The van der Waals surface area contributed by atoms with Gasteiger partial charge in [0.05, 0.1) is 0 Å². The van der Waals surface area contributed by atoms with Crippen molar-refractivity contribution in [2.24, 2.45) is 5.92 Å². The maximum atomic E-state index is 12.4. The first-order valence-corrected chi connectivity index (χ1v) is 10.4. The molecule has 1 amide bonds. The molecule has 0 spiro atoms. The average molecular weight is 380 g/mol. The van der Waals surface area contributed by atoms with E-state index in [1.807, 2.05) is 12.1 Å². The topological polar surface area (TPSA) is 70.2 Å². The number of hydrogen-bond acceptors (Lipinski definition) is 5. The van der Waals surface area contributed by atoms with Gasteiger partial charge in [0.1, 0.15) is 5.69 Å². The molecule has 2 aromatic rings. The van der Waals surface area contributed by atoms with Gasteiger partial charge in [0.25, 0.3) is 5.91 Å². The highest BCUT2D eigenvalue weighted by atomic mass is 16.1. The van der Waals surface area contributed by atoms with Gasteiger partial charge >= 0.3 is 0 Å². The number of aromatic nitrogens is 2. The lowest BCUT2D eigenvalue weighted by atomic mass is 9.99. The predicted octanol–water partition coefficient (Wildman–Crippen LogP) is 4.13. The van der Waals surface area contributed by atoms with Crippen LogP contribution in [0, 0.1) is 5.92 Å². The van der Waals surface area contributed by atoms with E-state index < -0.39 is 0 Å². The molecule has 1 aromatic carbocycles. The third kappa shape index (κ3) is 4.61. The van der Waals surface area contributed by atoms with Gasteiger partial charge in [-0.1, -0.05) is 19.8 Å². The fourth-order valence-electron chi connectivity index (χ4n) is 4.03. The fraction of sp³-hybridized carbons (Fsp3) is 0.500. The molecule has 4 rings (SSSR count). The third-order valence-electron chi connectivity index (χ3n) is 5.85. The molecule has 148 valence electrons. The molecule has 1 aromatic heterocycles. The van der Waals surface area contributed by atoms with Gasteiger partial charge in [-0.2, -0.15) is 0 Å². The summed E-state index contributed by atoms with van der Waals surface area (Å²) in [6.45, 7) is 4.57. The molecular formula is C22H29N5O. The van der Waals surface area contributed by atoms with Crippen LogP contribution >= 0.6 is 0 Å². The van der Waals surface area contributed by atoms with Crippen LogP contribution in [0.3, 0.4) is 0 Å². The Kier molecular flexibility index (Phi) is 5.74. The number of piperidine rings is 1. The molecular weight excluding hydrogens is 350 g/mol. The zero-order chi connectivity index (χ0) is 19.3. The molecule has 0 radical (unpaired) electrons. The smallest absolute Gasteiger partial charge is 0.270 e. The normalized spacial score (nSPS) is 18.2. The van der Waals surface area contributed by atoms with E-state index in [0.29, 0.717) is 11.6 Å². The van der Waals surface area contributed by atoms with Crippen LogP contribution in [0.4, 0.5) is 17.3 Å². The summed E-state index contributed by atoms with van der Waals surface area (Å²) in [7, 11) is 0. The van der Waals surface area contributed by atoms with E-state index >= 15 is 0 Å². The van der Waals surface area contributed by atoms with Gasteiger partial charge in [0.15, 0.2) is 0 Å². The van der Waals surface area contributed by atoms with E-state index in [1.165, 1.54) is 31.4 Å². The van der Waals surface area contributed by atoms with Crippen molar-refractivity contribution in [1.82, 2.24) is 15.3 Å². The number of carbonyl (C=O) groups is 1. The summed E-state index contributed by atoms with van der Waals surface area (Å²) >= 11 is 0. The summed E-state index contributed by atoms with van der Waals surface area (Å²) in [4.78, 5) is 23.5. The van der Waals surface area contributed by atoms with Crippen LogP contribution in [-0.4, -0.2) is 35.0 Å². The van der Waals surface area contributed by atoms with Crippen molar-refractivity contribution in [3.05, 3.63) is 42.2 Å². The molecule has 1 aliphatic carbocycles. The minimum Gasteiger partial charge on any atom is -0.372 e. The van der Waals surface area contributed by atoms with E-state index in [1.54, 1.807) is 12.3 Å². The van der Waals surface area contributed by atoms with Crippen LogP contribution < -0.4 is 15.5 Å². The maximum absolute atomic E-state index is 12.4. The molecule has 6 nitrogen and oxygen atoms in total. The largest absolute Gasteiger partial charge is 0.372 e. The summed E-state index contributed by atoms with van der Waals surface area (Å²) in [5.74, 6) is 1.15. The molecule has 0 bridgehead atoms. The first-order valence-electron chi connectivity index (χ1n) is 10.4. The zero-order valence-corrected chi connectivity index (χ0v) is 16.5. The molecule has 2 N–H and O–H groups in total. The average Bonchev–Trinajstić information content (AvgIpc) is 3.22. The maximum Gasteiger partial charge on any atom is 0.270 e. The third-order valence-corrected chi connectivity index (χ3v) is 5.85. The number of amides is 1. The minimum atomic E-state index is -0.118. The van der Waals surface area contributed by atoms with Crippen LogP contribution in [0.15, 0.2) is 36.5 Å². The van der Waals surface area contributed by atoms with Crippen LogP contribution in [-0.2, 0) is 0 Å². The Hall–Kier alpha value is -2.63. The van der Waals surface area contributed by atoms with Crippen molar-refractivity contribution < 1.29 is 4.79 Å². The van der Waals surface area contributed by atoms with Crippen molar-refractivity contribution in [1.29, 1.82) is 0 Å². The lowest BCUT2D eigenvalue weighted by Crippen LogP contribution is -2.33. The van der Waals surface area contributed by atoms with Gasteiger partial charge in [-0.05, 0) is 61.9 Å². The van der Waals surface area contributed by atoms with Crippen molar-refractivity contribution in [3.63, 3.8) is 0 Å². The molecule has 2 aliphatic rings. The van der Waals surface area contributed by atoms with Crippen LogP contribution in [0.5, 0.6) is 0 Å². The van der Waals surface area contributed by atoms with E-state index in [9.17, 15) is 4.79 Å². The van der Waals surface area contributed by atoms with Gasteiger partial charge in [-0.25, -0.2) is 9.97 Å². The number of nitrogens with one attached hydrogen (secondary N) is 2. The molecule has 0 atom stereocenters. The number of carbonyl (C=O) groups excluding carboxylic acids is 1. The summed E-state index contributed by atoms with van der Waals surface area (Å²) < 4.78 is 0. The summed E-state index contributed by atoms with van der Waals surface area (Å²) in [5, 5.41) is 6.28. The number of anilines is 3. The Labute approximate surface area is 166 Å². The fourth-order valence-corrected chi connectivity index (χ4v) is 4.03. The lowest BCUT2D eigenvalue weighted by molar-refractivity contribution is 0.0933. The zero-order valence-electron chi connectivity index (χ0n) is 16.5. The van der Waals surface area contributed by atoms with E-state index in [4.69, 9.17) is 0 Å². The van der Waals surface area contributed by atoms with Crippen LogP contribution in [0.25, 0.3) is 0 Å². The first-order chi connectivity index (χ1) is 13.7. The van der Waals surface area contributed by atoms with E-state index in [2.05, 4.69) is 44.6 Å². The molecule has 0 unspecified atom stereocenters. The molecule has 6 heteroatoms. The number of nitrogens with zero attached hydrogens (tertiary/aromatic N) is 3. The van der Waals surface area contributed by atoms with Crippen molar-refractivity contribution in [2.75, 3.05) is 23.3 Å². The van der Waals surface area contributed by atoms with Gasteiger partial charge < -0.3 is 15.5 Å².